The molecule has 0 aliphatic heterocycles. The fourth-order valence-corrected chi connectivity index (χ4v) is 2.87. The van der Waals surface area contributed by atoms with Crippen molar-refractivity contribution >= 4 is 17.3 Å². The van der Waals surface area contributed by atoms with Crippen LogP contribution in [0.2, 0.25) is 5.02 Å². The molecule has 0 heterocycles. The number of anilines is 1. The largest absolute Gasteiger partial charge is 0.417 e. The van der Waals surface area contributed by atoms with Crippen molar-refractivity contribution in [2.45, 2.75) is 44.8 Å². The third kappa shape index (κ3) is 3.56. The van der Waals surface area contributed by atoms with Gasteiger partial charge in [-0.05, 0) is 43.4 Å². The molecule has 1 saturated carbocycles. The molecule has 5 heteroatoms. The van der Waals surface area contributed by atoms with Gasteiger partial charge in [-0.15, -0.1) is 0 Å². The van der Waals surface area contributed by atoms with E-state index in [1.54, 1.807) is 6.07 Å². The van der Waals surface area contributed by atoms with Crippen LogP contribution in [0.1, 0.15) is 38.2 Å². The first-order valence-corrected chi connectivity index (χ1v) is 6.91. The number of alkyl halides is 3. The molecule has 106 valence electrons. The van der Waals surface area contributed by atoms with Gasteiger partial charge in [-0.25, -0.2) is 0 Å². The Labute approximate surface area is 116 Å². The smallest absolute Gasteiger partial charge is 0.382 e. The van der Waals surface area contributed by atoms with E-state index in [4.69, 9.17) is 11.6 Å². The molecular formula is C14H17ClF3N. The highest BCUT2D eigenvalue weighted by atomic mass is 35.5. The number of halogens is 4. The summed E-state index contributed by atoms with van der Waals surface area (Å²) < 4.78 is 38.2. The SMILES string of the molecule is CCC1CCC(Nc2ccc(Cl)c(C(F)(F)F)c2)C1. The van der Waals surface area contributed by atoms with Crippen LogP contribution < -0.4 is 5.32 Å². The molecule has 0 radical (unpaired) electrons. The molecule has 19 heavy (non-hydrogen) atoms. The second-order valence-electron chi connectivity index (χ2n) is 5.12. The van der Waals surface area contributed by atoms with Crippen molar-refractivity contribution in [3.8, 4) is 0 Å². The van der Waals surface area contributed by atoms with Crippen LogP contribution in [-0.4, -0.2) is 6.04 Å². The van der Waals surface area contributed by atoms with Crippen LogP contribution in [0, 0.1) is 5.92 Å². The fraction of sp³-hybridized carbons (Fsp3) is 0.571. The van der Waals surface area contributed by atoms with Gasteiger partial charge in [0, 0.05) is 11.7 Å². The van der Waals surface area contributed by atoms with E-state index >= 15 is 0 Å². The van der Waals surface area contributed by atoms with Crippen LogP contribution in [0.25, 0.3) is 0 Å². The van der Waals surface area contributed by atoms with Crippen molar-refractivity contribution in [2.75, 3.05) is 5.32 Å². The molecule has 1 aliphatic rings. The Morgan fingerprint density at radius 3 is 2.63 bits per heavy atom. The normalized spacial score (nSPS) is 23.6. The van der Waals surface area contributed by atoms with Crippen molar-refractivity contribution in [3.63, 3.8) is 0 Å². The minimum absolute atomic E-state index is 0.254. The van der Waals surface area contributed by atoms with Gasteiger partial charge < -0.3 is 5.32 Å². The van der Waals surface area contributed by atoms with E-state index in [1.165, 1.54) is 6.07 Å². The lowest BCUT2D eigenvalue weighted by Crippen LogP contribution is -2.16. The molecule has 0 amide bonds. The third-order valence-electron chi connectivity index (χ3n) is 3.76. The van der Waals surface area contributed by atoms with E-state index in [9.17, 15) is 13.2 Å². The van der Waals surface area contributed by atoms with Gasteiger partial charge >= 0.3 is 6.18 Å². The number of rotatable bonds is 3. The van der Waals surface area contributed by atoms with Crippen molar-refractivity contribution in [2.24, 2.45) is 5.92 Å². The van der Waals surface area contributed by atoms with E-state index < -0.39 is 11.7 Å². The van der Waals surface area contributed by atoms with Gasteiger partial charge in [-0.3, -0.25) is 0 Å². The molecule has 2 atom stereocenters. The van der Waals surface area contributed by atoms with Gasteiger partial charge in [0.15, 0.2) is 0 Å². The minimum atomic E-state index is -4.41. The van der Waals surface area contributed by atoms with Crippen LogP contribution >= 0.6 is 11.6 Å². The molecule has 1 fully saturated rings. The lowest BCUT2D eigenvalue weighted by atomic mass is 10.1. The number of benzene rings is 1. The Morgan fingerprint density at radius 1 is 1.32 bits per heavy atom. The van der Waals surface area contributed by atoms with Gasteiger partial charge in [0.25, 0.3) is 0 Å². The van der Waals surface area contributed by atoms with E-state index in [2.05, 4.69) is 12.2 Å². The second-order valence-corrected chi connectivity index (χ2v) is 5.53. The Morgan fingerprint density at radius 2 is 2.05 bits per heavy atom. The summed E-state index contributed by atoms with van der Waals surface area (Å²) in [6.07, 6.45) is -0.0835. The molecule has 1 N–H and O–H groups in total. The fourth-order valence-electron chi connectivity index (χ4n) is 2.64. The van der Waals surface area contributed by atoms with Crippen LogP contribution in [0.15, 0.2) is 18.2 Å². The molecule has 2 rings (SSSR count). The van der Waals surface area contributed by atoms with Crippen LogP contribution in [0.3, 0.4) is 0 Å². The summed E-state index contributed by atoms with van der Waals surface area (Å²) in [5, 5.41) is 2.93. The maximum Gasteiger partial charge on any atom is 0.417 e. The standard InChI is InChI=1S/C14H17ClF3N/c1-2-9-3-4-10(7-9)19-11-5-6-13(15)12(8-11)14(16,17)18/h5-6,8-10,19H,2-4,7H2,1H3. The molecule has 0 saturated heterocycles. The summed E-state index contributed by atoms with van der Waals surface area (Å²) in [7, 11) is 0. The second kappa shape index (κ2) is 5.61. The molecule has 0 spiro atoms. The predicted octanol–water partition coefficient (Wildman–Crippen LogP) is 5.35. The predicted molar refractivity (Wildman–Crippen MR) is 71.5 cm³/mol. The number of hydrogen-bond acceptors (Lipinski definition) is 1. The molecule has 1 aliphatic carbocycles. The van der Waals surface area contributed by atoms with E-state index in [0.29, 0.717) is 11.6 Å². The number of hydrogen-bond donors (Lipinski definition) is 1. The quantitative estimate of drug-likeness (QED) is 0.791. The topological polar surface area (TPSA) is 12.0 Å². The van der Waals surface area contributed by atoms with Gasteiger partial charge in [-0.2, -0.15) is 13.2 Å². The van der Waals surface area contributed by atoms with Gasteiger partial charge in [0.1, 0.15) is 0 Å². The molecule has 1 aromatic carbocycles. The van der Waals surface area contributed by atoms with Crippen molar-refractivity contribution in [1.29, 1.82) is 0 Å². The molecule has 1 aromatic rings. The first-order valence-electron chi connectivity index (χ1n) is 6.53. The van der Waals surface area contributed by atoms with E-state index in [0.717, 1.165) is 31.7 Å². The molecule has 1 nitrogen and oxygen atoms in total. The molecular weight excluding hydrogens is 275 g/mol. The van der Waals surface area contributed by atoms with Crippen LogP contribution in [0.4, 0.5) is 18.9 Å². The van der Waals surface area contributed by atoms with Crippen molar-refractivity contribution in [1.82, 2.24) is 0 Å². The minimum Gasteiger partial charge on any atom is -0.382 e. The van der Waals surface area contributed by atoms with Gasteiger partial charge in [0.05, 0.1) is 10.6 Å². The van der Waals surface area contributed by atoms with Crippen molar-refractivity contribution in [3.05, 3.63) is 28.8 Å². The Bertz CT molecular complexity index is 445. The Kier molecular flexibility index (Phi) is 4.29. The summed E-state index contributed by atoms with van der Waals surface area (Å²) in [6, 6.07) is 4.28. The zero-order valence-corrected chi connectivity index (χ0v) is 11.5. The highest BCUT2D eigenvalue weighted by Crippen LogP contribution is 2.37. The zero-order valence-electron chi connectivity index (χ0n) is 10.7. The maximum atomic E-state index is 12.7. The first-order chi connectivity index (χ1) is 8.90. The molecule has 0 bridgehead atoms. The monoisotopic (exact) mass is 291 g/mol. The Hall–Kier alpha value is -0.900. The molecule has 2 unspecified atom stereocenters. The summed E-state index contributed by atoms with van der Waals surface area (Å²) in [4.78, 5) is 0. The van der Waals surface area contributed by atoms with E-state index in [1.807, 2.05) is 0 Å². The van der Waals surface area contributed by atoms with Crippen LogP contribution in [0.5, 0.6) is 0 Å². The average molecular weight is 292 g/mol. The van der Waals surface area contributed by atoms with Crippen LogP contribution in [-0.2, 0) is 6.18 Å². The highest BCUT2D eigenvalue weighted by Gasteiger charge is 2.33. The first kappa shape index (κ1) is 14.5. The zero-order chi connectivity index (χ0) is 14.0. The average Bonchev–Trinajstić information content (AvgIpc) is 2.78. The maximum absolute atomic E-state index is 12.7. The number of nitrogens with one attached hydrogen (secondary N) is 1. The van der Waals surface area contributed by atoms with Gasteiger partial charge in [-0.1, -0.05) is 24.9 Å². The third-order valence-corrected chi connectivity index (χ3v) is 4.09. The summed E-state index contributed by atoms with van der Waals surface area (Å²) in [6.45, 7) is 2.15. The summed E-state index contributed by atoms with van der Waals surface area (Å²) >= 11 is 5.60. The summed E-state index contributed by atoms with van der Waals surface area (Å²) in [5.41, 5.74) is -0.275. The summed E-state index contributed by atoms with van der Waals surface area (Å²) in [5.74, 6) is 0.687. The Balaban J connectivity index is 2.10. The lowest BCUT2D eigenvalue weighted by Gasteiger charge is -2.16. The van der Waals surface area contributed by atoms with Gasteiger partial charge in [0.2, 0.25) is 0 Å². The van der Waals surface area contributed by atoms with Crippen molar-refractivity contribution < 1.29 is 13.2 Å². The lowest BCUT2D eigenvalue weighted by molar-refractivity contribution is -0.137. The molecule has 0 aromatic heterocycles. The highest BCUT2D eigenvalue weighted by molar-refractivity contribution is 6.31. The van der Waals surface area contributed by atoms with E-state index in [-0.39, 0.29) is 11.1 Å².